The molecule has 0 radical (unpaired) electrons. The molecule has 8 heteroatoms. The molecule has 1 aromatic carbocycles. The Morgan fingerprint density at radius 3 is 2.29 bits per heavy atom. The molecule has 21 heavy (non-hydrogen) atoms. The fraction of sp³-hybridized carbons (Fsp3) is 0.231. The van der Waals surface area contributed by atoms with Crippen molar-refractivity contribution >= 4 is 31.9 Å². The number of nitrogens with zero attached hydrogens (tertiary/aromatic N) is 2. The van der Waals surface area contributed by atoms with Gasteiger partial charge in [0.2, 0.25) is 5.95 Å². The van der Waals surface area contributed by atoms with Crippen LogP contribution in [0.5, 0.6) is 0 Å². The predicted octanol–water partition coefficient (Wildman–Crippen LogP) is 2.47. The number of sulfonamides is 1. The number of aryl methyl sites for hydroxylation is 3. The van der Waals surface area contributed by atoms with Gasteiger partial charge in [-0.15, -0.1) is 4.83 Å². The van der Waals surface area contributed by atoms with Gasteiger partial charge in [-0.1, -0.05) is 22.0 Å². The van der Waals surface area contributed by atoms with Gasteiger partial charge in [0, 0.05) is 15.9 Å². The normalized spacial score (nSPS) is 11.4. The molecule has 2 rings (SSSR count). The zero-order valence-electron chi connectivity index (χ0n) is 11.8. The van der Waals surface area contributed by atoms with Crippen LogP contribution in [-0.2, 0) is 10.0 Å². The molecule has 0 unspecified atom stereocenters. The van der Waals surface area contributed by atoms with Crippen molar-refractivity contribution in [1.29, 1.82) is 0 Å². The molecule has 6 nitrogen and oxygen atoms in total. The highest BCUT2D eigenvalue weighted by Crippen LogP contribution is 2.20. The standard InChI is InChI=1S/C13H15BrN4O2S/c1-8-4-5-11(14)7-12(8)21(19,20)18-17-13-15-9(2)6-10(3)16-13/h4-7,18H,1-3H3,(H,15,16,17). The van der Waals surface area contributed by atoms with E-state index in [9.17, 15) is 8.42 Å². The molecular formula is C13H15BrN4O2S. The second-order valence-electron chi connectivity index (χ2n) is 4.61. The first-order chi connectivity index (χ1) is 9.78. The van der Waals surface area contributed by atoms with E-state index in [4.69, 9.17) is 0 Å². The Labute approximate surface area is 132 Å². The van der Waals surface area contributed by atoms with E-state index in [1.807, 2.05) is 13.8 Å². The smallest absolute Gasteiger partial charge is 0.257 e. The average molecular weight is 371 g/mol. The van der Waals surface area contributed by atoms with Gasteiger partial charge in [-0.2, -0.15) is 0 Å². The maximum absolute atomic E-state index is 12.3. The summed E-state index contributed by atoms with van der Waals surface area (Å²) in [5.41, 5.74) is 4.69. The molecule has 0 amide bonds. The molecule has 1 heterocycles. The predicted molar refractivity (Wildman–Crippen MR) is 84.3 cm³/mol. The molecule has 1 aromatic heterocycles. The van der Waals surface area contributed by atoms with Crippen molar-refractivity contribution in [2.75, 3.05) is 5.43 Å². The number of hydrazine groups is 1. The van der Waals surface area contributed by atoms with Gasteiger partial charge in [-0.25, -0.2) is 18.4 Å². The van der Waals surface area contributed by atoms with E-state index in [0.29, 0.717) is 10.0 Å². The number of hydrogen-bond acceptors (Lipinski definition) is 5. The number of rotatable bonds is 4. The van der Waals surface area contributed by atoms with Crippen molar-refractivity contribution in [3.05, 3.63) is 45.7 Å². The minimum atomic E-state index is -3.71. The second kappa shape index (κ2) is 6.08. The lowest BCUT2D eigenvalue weighted by atomic mass is 10.2. The highest BCUT2D eigenvalue weighted by Gasteiger charge is 2.17. The highest BCUT2D eigenvalue weighted by atomic mass is 79.9. The van der Waals surface area contributed by atoms with E-state index >= 15 is 0 Å². The van der Waals surface area contributed by atoms with Crippen molar-refractivity contribution in [2.45, 2.75) is 25.7 Å². The van der Waals surface area contributed by atoms with Gasteiger partial charge in [0.1, 0.15) is 0 Å². The van der Waals surface area contributed by atoms with Crippen LogP contribution < -0.4 is 10.3 Å². The van der Waals surface area contributed by atoms with Crippen LogP contribution in [0, 0.1) is 20.8 Å². The summed E-state index contributed by atoms with van der Waals surface area (Å²) in [6.07, 6.45) is 0. The number of aromatic nitrogens is 2. The fourth-order valence-corrected chi connectivity index (χ4v) is 3.44. The first kappa shape index (κ1) is 15.9. The molecule has 0 saturated heterocycles. The SMILES string of the molecule is Cc1cc(C)nc(NNS(=O)(=O)c2cc(Br)ccc2C)n1. The number of nitrogens with one attached hydrogen (secondary N) is 2. The zero-order valence-corrected chi connectivity index (χ0v) is 14.2. The highest BCUT2D eigenvalue weighted by molar-refractivity contribution is 9.10. The molecule has 0 bridgehead atoms. The molecule has 0 saturated carbocycles. The van der Waals surface area contributed by atoms with E-state index in [0.717, 1.165) is 11.4 Å². The van der Waals surface area contributed by atoms with Gasteiger partial charge in [0.15, 0.2) is 0 Å². The van der Waals surface area contributed by atoms with Gasteiger partial charge in [-0.05, 0) is 44.5 Å². The Morgan fingerprint density at radius 1 is 1.05 bits per heavy atom. The van der Waals surface area contributed by atoms with Crippen LogP contribution in [0.4, 0.5) is 5.95 Å². The quantitative estimate of drug-likeness (QED) is 0.807. The molecule has 0 aliphatic heterocycles. The molecule has 0 aliphatic carbocycles. The fourth-order valence-electron chi connectivity index (χ4n) is 1.81. The van der Waals surface area contributed by atoms with Crippen molar-refractivity contribution in [3.63, 3.8) is 0 Å². The Morgan fingerprint density at radius 2 is 1.67 bits per heavy atom. The average Bonchev–Trinajstić information content (AvgIpc) is 2.38. The summed E-state index contributed by atoms with van der Waals surface area (Å²) in [4.78, 5) is 10.7. The van der Waals surface area contributed by atoms with Crippen LogP contribution in [0.1, 0.15) is 17.0 Å². The van der Waals surface area contributed by atoms with Gasteiger partial charge >= 0.3 is 0 Å². The lowest BCUT2D eigenvalue weighted by Gasteiger charge is -2.11. The summed E-state index contributed by atoms with van der Waals surface area (Å²) >= 11 is 3.27. The molecular weight excluding hydrogens is 356 g/mol. The lowest BCUT2D eigenvalue weighted by molar-refractivity contribution is 0.586. The third-order valence-corrected chi connectivity index (χ3v) is 4.60. The third-order valence-electron chi connectivity index (χ3n) is 2.72. The van der Waals surface area contributed by atoms with Crippen LogP contribution in [0.15, 0.2) is 33.6 Å². The van der Waals surface area contributed by atoms with Gasteiger partial charge in [-0.3, -0.25) is 5.43 Å². The summed E-state index contributed by atoms with van der Waals surface area (Å²) in [5, 5.41) is 0. The molecule has 0 atom stereocenters. The van der Waals surface area contributed by atoms with E-state index in [1.54, 1.807) is 31.2 Å². The largest absolute Gasteiger partial charge is 0.276 e. The topological polar surface area (TPSA) is 84.0 Å². The summed E-state index contributed by atoms with van der Waals surface area (Å²) < 4.78 is 25.3. The molecule has 0 aliphatic rings. The van der Waals surface area contributed by atoms with Crippen LogP contribution >= 0.6 is 15.9 Å². The van der Waals surface area contributed by atoms with Gasteiger partial charge in [0.05, 0.1) is 4.90 Å². The molecule has 0 spiro atoms. The molecule has 0 fully saturated rings. The summed E-state index contributed by atoms with van der Waals surface area (Å²) in [5.74, 6) is 0.212. The third kappa shape index (κ3) is 3.99. The van der Waals surface area contributed by atoms with E-state index in [-0.39, 0.29) is 10.8 Å². The Hall–Kier alpha value is -1.51. The zero-order chi connectivity index (χ0) is 15.6. The maximum Gasteiger partial charge on any atom is 0.257 e. The van der Waals surface area contributed by atoms with Crippen molar-refractivity contribution in [1.82, 2.24) is 14.8 Å². The first-order valence-electron chi connectivity index (χ1n) is 6.14. The number of benzene rings is 1. The summed E-state index contributed by atoms with van der Waals surface area (Å²) in [6, 6.07) is 6.86. The van der Waals surface area contributed by atoms with Crippen molar-refractivity contribution < 1.29 is 8.42 Å². The van der Waals surface area contributed by atoms with E-state index in [1.165, 1.54) is 0 Å². The molecule has 2 aromatic rings. The van der Waals surface area contributed by atoms with Crippen molar-refractivity contribution in [3.8, 4) is 0 Å². The van der Waals surface area contributed by atoms with Crippen molar-refractivity contribution in [2.24, 2.45) is 0 Å². The van der Waals surface area contributed by atoms with E-state index < -0.39 is 10.0 Å². The van der Waals surface area contributed by atoms with Crippen LogP contribution in [0.2, 0.25) is 0 Å². The molecule has 112 valence electrons. The summed E-state index contributed by atoms with van der Waals surface area (Å²) in [6.45, 7) is 5.36. The minimum Gasteiger partial charge on any atom is -0.276 e. The number of anilines is 1. The molecule has 2 N–H and O–H groups in total. The van der Waals surface area contributed by atoms with E-state index in [2.05, 4.69) is 36.2 Å². The van der Waals surface area contributed by atoms with Gasteiger partial charge in [0.25, 0.3) is 10.0 Å². The second-order valence-corrected chi connectivity index (χ2v) is 7.18. The maximum atomic E-state index is 12.3. The van der Waals surface area contributed by atoms with Crippen LogP contribution in [0.3, 0.4) is 0 Å². The first-order valence-corrected chi connectivity index (χ1v) is 8.42. The monoisotopic (exact) mass is 370 g/mol. The number of hydrogen-bond donors (Lipinski definition) is 2. The minimum absolute atomic E-state index is 0.189. The van der Waals surface area contributed by atoms with Crippen LogP contribution in [-0.4, -0.2) is 18.4 Å². The van der Waals surface area contributed by atoms with Crippen LogP contribution in [0.25, 0.3) is 0 Å². The van der Waals surface area contributed by atoms with Gasteiger partial charge < -0.3 is 0 Å². The Kier molecular flexibility index (Phi) is 4.60. The lowest BCUT2D eigenvalue weighted by Crippen LogP contribution is -2.31. The Balaban J connectivity index is 2.23. The summed E-state index contributed by atoms with van der Waals surface area (Å²) in [7, 11) is -3.71. The Bertz CT molecular complexity index is 757. The number of halogens is 1.